The molecule has 7 heteroatoms. The van der Waals surface area contributed by atoms with Gasteiger partial charge in [-0.1, -0.05) is 41.6 Å². The highest BCUT2D eigenvalue weighted by atomic mass is 32.2. The minimum Gasteiger partial charge on any atom is -0.744 e. The van der Waals surface area contributed by atoms with Crippen LogP contribution in [0, 0.1) is 32.6 Å². The second-order valence-electron chi connectivity index (χ2n) is 6.45. The summed E-state index contributed by atoms with van der Waals surface area (Å²) in [6.07, 6.45) is 4.93. The summed E-state index contributed by atoms with van der Waals surface area (Å²) in [7, 11) is -2.72. The number of nitrogens with zero attached hydrogens (tertiary/aromatic N) is 1. The van der Waals surface area contributed by atoms with Crippen LogP contribution in [0.2, 0.25) is 0 Å². The van der Waals surface area contributed by atoms with E-state index in [2.05, 4.69) is 18.8 Å². The summed E-state index contributed by atoms with van der Waals surface area (Å²) >= 11 is 0. The lowest BCUT2D eigenvalue weighted by atomic mass is 10.1. The van der Waals surface area contributed by atoms with Gasteiger partial charge in [-0.15, -0.1) is 0 Å². The smallest absolute Gasteiger partial charge is 0.285 e. The Hall–Kier alpha value is -2.56. The third-order valence-electron chi connectivity index (χ3n) is 3.91. The molecule has 0 amide bonds. The number of nitrogens with two attached hydrogens (primary N) is 1. The molecule has 0 radical (unpaired) electrons. The average molecular weight is 405 g/mol. The zero-order valence-corrected chi connectivity index (χ0v) is 17.9. The first kappa shape index (κ1) is 23.5. The number of unbranched alkanes of at least 4 members (excludes halogenated alkanes) is 2. The number of nitrogen functional groups attached to an aromatic ring is 1. The van der Waals surface area contributed by atoms with Crippen molar-refractivity contribution in [3.8, 4) is 17.6 Å². The molecule has 0 unspecified atom stereocenters. The molecule has 1 heterocycles. The van der Waals surface area contributed by atoms with Gasteiger partial charge >= 0.3 is 0 Å². The van der Waals surface area contributed by atoms with Crippen LogP contribution in [0.25, 0.3) is 0 Å². The molecule has 0 fully saturated rings. The molecule has 0 bridgehead atoms. The fourth-order valence-electron chi connectivity index (χ4n) is 2.70. The van der Waals surface area contributed by atoms with E-state index in [1.807, 2.05) is 19.1 Å². The number of hydrogen-bond acceptors (Lipinski definition) is 5. The van der Waals surface area contributed by atoms with Crippen LogP contribution >= 0.6 is 0 Å². The molecule has 0 aliphatic rings. The average Bonchev–Trinajstić information content (AvgIpc) is 2.58. The van der Waals surface area contributed by atoms with Crippen LogP contribution < -0.4 is 15.3 Å². The van der Waals surface area contributed by atoms with Gasteiger partial charge in [0.05, 0.1) is 12.0 Å². The molecule has 0 atom stereocenters. The molecule has 0 aliphatic carbocycles. The minimum atomic E-state index is -4.33. The molecule has 2 aromatic rings. The summed E-state index contributed by atoms with van der Waals surface area (Å²) in [6.45, 7) is 7.27. The van der Waals surface area contributed by atoms with Gasteiger partial charge in [0.25, 0.3) is 5.69 Å². The molecule has 6 nitrogen and oxygen atoms in total. The van der Waals surface area contributed by atoms with E-state index in [4.69, 9.17) is 10.6 Å². The lowest BCUT2D eigenvalue weighted by molar-refractivity contribution is -0.641. The molecule has 0 saturated heterocycles. The molecular formula is C21H28N2O4S. The van der Waals surface area contributed by atoms with E-state index in [9.17, 15) is 13.0 Å². The van der Waals surface area contributed by atoms with E-state index in [-0.39, 0.29) is 4.90 Å². The molecule has 152 valence electrons. The topological polar surface area (TPSA) is 96.3 Å². The van der Waals surface area contributed by atoms with Crippen LogP contribution in [0.1, 0.15) is 48.6 Å². The van der Waals surface area contributed by atoms with Crippen LogP contribution in [0.3, 0.4) is 0 Å². The standard InChI is InChI=1S/C12H17N2O.C9H12O3S/c1-3-4-5-6-7-11-8-9-12(15-2)10-14(11)13;1-6-4-7(2)9(8(3)5-6)13(10,11)12/h8-10H,3-5,13H2,1-2H3;4-5H,1-3H3,(H,10,11,12)/q+1;/p-1. The van der Waals surface area contributed by atoms with E-state index in [1.54, 1.807) is 39.3 Å². The van der Waals surface area contributed by atoms with E-state index >= 15 is 0 Å². The molecule has 0 aliphatic heterocycles. The number of benzene rings is 1. The summed E-state index contributed by atoms with van der Waals surface area (Å²) < 4.78 is 39.0. The maximum absolute atomic E-state index is 10.8. The van der Waals surface area contributed by atoms with Crippen LogP contribution in [0.15, 0.2) is 35.4 Å². The first-order chi connectivity index (χ1) is 13.1. The summed E-state index contributed by atoms with van der Waals surface area (Å²) in [5.74, 6) is 12.6. The van der Waals surface area contributed by atoms with Crippen molar-refractivity contribution in [2.75, 3.05) is 13.0 Å². The van der Waals surface area contributed by atoms with Gasteiger partial charge in [0, 0.05) is 18.4 Å². The summed E-state index contributed by atoms with van der Waals surface area (Å²) in [6, 6.07) is 7.10. The third-order valence-corrected chi connectivity index (χ3v) is 5.06. The van der Waals surface area contributed by atoms with Crippen molar-refractivity contribution >= 4 is 10.1 Å². The summed E-state index contributed by atoms with van der Waals surface area (Å²) in [5, 5.41) is 0. The van der Waals surface area contributed by atoms with E-state index in [1.165, 1.54) is 11.1 Å². The highest BCUT2D eigenvalue weighted by molar-refractivity contribution is 7.85. The van der Waals surface area contributed by atoms with E-state index in [0.717, 1.165) is 29.8 Å². The van der Waals surface area contributed by atoms with Gasteiger partial charge in [-0.3, -0.25) is 0 Å². The van der Waals surface area contributed by atoms with Crippen molar-refractivity contribution < 1.29 is 22.4 Å². The van der Waals surface area contributed by atoms with Crippen molar-refractivity contribution in [3.63, 3.8) is 0 Å². The second-order valence-corrected chi connectivity index (χ2v) is 7.77. The van der Waals surface area contributed by atoms with Gasteiger partial charge in [0.2, 0.25) is 6.20 Å². The third kappa shape index (κ3) is 7.22. The normalized spacial score (nSPS) is 10.4. The van der Waals surface area contributed by atoms with Gasteiger partial charge in [-0.25, -0.2) is 14.3 Å². The molecule has 0 spiro atoms. The van der Waals surface area contributed by atoms with Gasteiger partial charge in [-0.2, -0.15) is 0 Å². The Labute approximate surface area is 168 Å². The van der Waals surface area contributed by atoms with Crippen LogP contribution in [0.4, 0.5) is 0 Å². The first-order valence-corrected chi connectivity index (χ1v) is 10.4. The fourth-order valence-corrected chi connectivity index (χ4v) is 3.61. The number of rotatable bonds is 4. The Morgan fingerprint density at radius 1 is 1.18 bits per heavy atom. The Kier molecular flexibility index (Phi) is 8.97. The van der Waals surface area contributed by atoms with Crippen molar-refractivity contribution in [3.05, 3.63) is 52.8 Å². The number of pyridine rings is 1. The largest absolute Gasteiger partial charge is 0.744 e. The number of aromatic nitrogens is 1. The van der Waals surface area contributed by atoms with Gasteiger partial charge in [-0.05, 0) is 44.4 Å². The zero-order chi connectivity index (χ0) is 21.3. The molecular weight excluding hydrogens is 376 g/mol. The predicted octanol–water partition coefficient (Wildman–Crippen LogP) is 2.75. The highest BCUT2D eigenvalue weighted by Crippen LogP contribution is 2.20. The van der Waals surface area contributed by atoms with Crippen LogP contribution in [-0.2, 0) is 10.1 Å². The van der Waals surface area contributed by atoms with Crippen molar-refractivity contribution in [1.82, 2.24) is 0 Å². The first-order valence-electron chi connectivity index (χ1n) is 8.97. The highest BCUT2D eigenvalue weighted by Gasteiger charge is 2.09. The van der Waals surface area contributed by atoms with Gasteiger partial charge in [0.15, 0.2) is 5.75 Å². The predicted molar refractivity (Wildman–Crippen MR) is 108 cm³/mol. The number of hydrogen-bond donors (Lipinski definition) is 1. The van der Waals surface area contributed by atoms with Crippen LogP contribution in [-0.4, -0.2) is 20.1 Å². The Morgan fingerprint density at radius 3 is 2.25 bits per heavy atom. The van der Waals surface area contributed by atoms with Crippen molar-refractivity contribution in [2.24, 2.45) is 0 Å². The number of methoxy groups -OCH3 is 1. The monoisotopic (exact) mass is 404 g/mol. The Morgan fingerprint density at radius 2 is 1.79 bits per heavy atom. The zero-order valence-electron chi connectivity index (χ0n) is 17.1. The van der Waals surface area contributed by atoms with Crippen molar-refractivity contribution in [2.45, 2.75) is 51.9 Å². The molecule has 2 rings (SSSR count). The number of aryl methyl sites for hydroxylation is 3. The Balaban J connectivity index is 0.000000283. The summed E-state index contributed by atoms with van der Waals surface area (Å²) in [4.78, 5) is -0.0851. The second kappa shape index (κ2) is 10.7. The van der Waals surface area contributed by atoms with Gasteiger partial charge < -0.3 is 9.29 Å². The Bertz CT molecular complexity index is 951. The molecule has 0 saturated carbocycles. The fraction of sp³-hybridized carbons (Fsp3) is 0.381. The van der Waals surface area contributed by atoms with Crippen LogP contribution in [0.5, 0.6) is 5.75 Å². The lowest BCUT2D eigenvalue weighted by Crippen LogP contribution is -2.47. The van der Waals surface area contributed by atoms with Crippen molar-refractivity contribution in [1.29, 1.82) is 0 Å². The molecule has 2 N–H and O–H groups in total. The molecule has 1 aromatic heterocycles. The number of ether oxygens (including phenoxy) is 1. The molecule has 1 aromatic carbocycles. The molecule has 28 heavy (non-hydrogen) atoms. The maximum atomic E-state index is 10.8. The van der Waals surface area contributed by atoms with Gasteiger partial charge in [0.1, 0.15) is 10.1 Å². The van der Waals surface area contributed by atoms with E-state index < -0.39 is 10.1 Å². The summed E-state index contributed by atoms with van der Waals surface area (Å²) in [5.41, 5.74) is 2.80. The maximum Gasteiger partial charge on any atom is 0.285 e. The quantitative estimate of drug-likeness (QED) is 0.278. The minimum absolute atomic E-state index is 0.0851. The SMILES string of the molecule is CCCCC#Cc1ccc(OC)c[n+]1N.Cc1cc(C)c(S(=O)(=O)[O-])c(C)c1. The van der Waals surface area contributed by atoms with E-state index in [0.29, 0.717) is 11.1 Å². The lowest BCUT2D eigenvalue weighted by Gasteiger charge is -2.14.